The molecule has 1 heterocycles. The van der Waals surface area contributed by atoms with Gasteiger partial charge in [-0.2, -0.15) is 5.10 Å². The second-order valence-electron chi connectivity index (χ2n) is 4.88. The topological polar surface area (TPSA) is 87.2 Å². The summed E-state index contributed by atoms with van der Waals surface area (Å²) in [6.07, 6.45) is 2.90. The van der Waals surface area contributed by atoms with Crippen LogP contribution in [0.25, 0.3) is 0 Å². The van der Waals surface area contributed by atoms with Crippen LogP contribution < -0.4 is 10.5 Å². The number of aromatic nitrogens is 2. The van der Waals surface area contributed by atoms with Gasteiger partial charge in [0.25, 0.3) is 0 Å². The summed E-state index contributed by atoms with van der Waals surface area (Å²) in [4.78, 5) is 0.250. The van der Waals surface area contributed by atoms with Crippen LogP contribution in [0.5, 0.6) is 11.6 Å². The molecule has 0 saturated carbocycles. The lowest BCUT2D eigenvalue weighted by Crippen LogP contribution is -1.99. The number of ether oxygens (including phenoxy) is 1. The van der Waals surface area contributed by atoms with Crippen molar-refractivity contribution in [2.24, 2.45) is 7.05 Å². The summed E-state index contributed by atoms with van der Waals surface area (Å²) in [5, 5.41) is 4.32. The number of hydrogen-bond donors (Lipinski definition) is 1. The lowest BCUT2D eigenvalue weighted by Gasteiger charge is -2.07. The molecule has 114 valence electrons. The molecule has 0 spiro atoms. The first-order valence-corrected chi connectivity index (χ1v) is 8.51. The van der Waals surface area contributed by atoms with Gasteiger partial charge in [-0.1, -0.05) is 13.3 Å². The predicted octanol–water partition coefficient (Wildman–Crippen LogP) is 2.15. The van der Waals surface area contributed by atoms with E-state index < -0.39 is 9.84 Å². The van der Waals surface area contributed by atoms with Crippen LogP contribution in [0.4, 0.5) is 5.69 Å². The van der Waals surface area contributed by atoms with Crippen LogP contribution in [0.3, 0.4) is 0 Å². The SMILES string of the molecule is CCCc1nn(C)c(Oc2ccc(S(C)(=O)=O)cc2)c1N. The van der Waals surface area contributed by atoms with Gasteiger partial charge in [-0.25, -0.2) is 13.1 Å². The molecule has 0 unspecified atom stereocenters. The standard InChI is InChI=1S/C14H19N3O3S/c1-4-5-12-13(15)14(17(2)16-12)20-10-6-8-11(9-7-10)21(3,18)19/h6-9H,4-5,15H2,1-3H3. The molecule has 2 N–H and O–H groups in total. The predicted molar refractivity (Wildman–Crippen MR) is 81.2 cm³/mol. The zero-order valence-electron chi connectivity index (χ0n) is 12.3. The number of aryl methyl sites for hydroxylation is 2. The summed E-state index contributed by atoms with van der Waals surface area (Å²) in [7, 11) is -1.45. The van der Waals surface area contributed by atoms with Gasteiger partial charge in [-0.3, -0.25) is 0 Å². The Kier molecular flexibility index (Phi) is 4.22. The van der Waals surface area contributed by atoms with Crippen molar-refractivity contribution in [1.29, 1.82) is 0 Å². The van der Waals surface area contributed by atoms with Gasteiger partial charge in [0.15, 0.2) is 9.84 Å². The smallest absolute Gasteiger partial charge is 0.241 e. The molecule has 0 saturated heterocycles. The van der Waals surface area contributed by atoms with Gasteiger partial charge in [-0.15, -0.1) is 0 Å². The number of nitrogen functional groups attached to an aromatic ring is 1. The fraction of sp³-hybridized carbons (Fsp3) is 0.357. The van der Waals surface area contributed by atoms with Crippen molar-refractivity contribution >= 4 is 15.5 Å². The van der Waals surface area contributed by atoms with Crippen LogP contribution in [0, 0.1) is 0 Å². The second-order valence-corrected chi connectivity index (χ2v) is 6.90. The number of hydrogen-bond acceptors (Lipinski definition) is 5. The van der Waals surface area contributed by atoms with Crippen LogP contribution in [0.2, 0.25) is 0 Å². The van der Waals surface area contributed by atoms with Crippen LogP contribution >= 0.6 is 0 Å². The fourth-order valence-electron chi connectivity index (χ4n) is 1.99. The minimum absolute atomic E-state index is 0.250. The number of nitrogens with zero attached hydrogens (tertiary/aromatic N) is 2. The molecule has 0 bridgehead atoms. The number of nitrogens with two attached hydrogens (primary N) is 1. The molecule has 6 nitrogen and oxygen atoms in total. The summed E-state index contributed by atoms with van der Waals surface area (Å²) < 4.78 is 30.1. The molecule has 1 aromatic heterocycles. The Labute approximate surface area is 124 Å². The van der Waals surface area contributed by atoms with Crippen LogP contribution in [-0.2, 0) is 23.3 Å². The normalized spacial score (nSPS) is 11.6. The van der Waals surface area contributed by atoms with Crippen molar-refractivity contribution in [2.75, 3.05) is 12.0 Å². The third-order valence-electron chi connectivity index (χ3n) is 3.06. The number of rotatable bonds is 5. The Hall–Kier alpha value is -2.02. The molecule has 21 heavy (non-hydrogen) atoms. The maximum atomic E-state index is 11.4. The fourth-order valence-corrected chi connectivity index (χ4v) is 2.62. The van der Waals surface area contributed by atoms with E-state index >= 15 is 0 Å². The van der Waals surface area contributed by atoms with Gasteiger partial charge in [-0.05, 0) is 30.7 Å². The first-order chi connectivity index (χ1) is 9.82. The molecular weight excluding hydrogens is 290 g/mol. The Bertz CT molecular complexity index is 734. The summed E-state index contributed by atoms with van der Waals surface area (Å²) in [6.45, 7) is 2.05. The highest BCUT2D eigenvalue weighted by Gasteiger charge is 2.15. The molecule has 0 aliphatic carbocycles. The largest absolute Gasteiger partial charge is 0.437 e. The number of anilines is 1. The van der Waals surface area contributed by atoms with Gasteiger partial charge >= 0.3 is 0 Å². The average molecular weight is 309 g/mol. The van der Waals surface area contributed by atoms with E-state index in [1.54, 1.807) is 23.9 Å². The Morgan fingerprint density at radius 3 is 2.43 bits per heavy atom. The van der Waals surface area contributed by atoms with Crippen molar-refractivity contribution in [2.45, 2.75) is 24.7 Å². The van der Waals surface area contributed by atoms with Gasteiger partial charge < -0.3 is 10.5 Å². The quantitative estimate of drug-likeness (QED) is 0.914. The lowest BCUT2D eigenvalue weighted by atomic mass is 10.2. The van der Waals surface area contributed by atoms with Crippen molar-refractivity contribution in [3.8, 4) is 11.6 Å². The molecule has 0 radical (unpaired) electrons. The lowest BCUT2D eigenvalue weighted by molar-refractivity contribution is 0.432. The van der Waals surface area contributed by atoms with Crippen molar-refractivity contribution in [3.63, 3.8) is 0 Å². The highest BCUT2D eigenvalue weighted by atomic mass is 32.2. The molecule has 1 aromatic carbocycles. The molecule has 0 amide bonds. The Balaban J connectivity index is 2.26. The van der Waals surface area contributed by atoms with E-state index in [2.05, 4.69) is 12.0 Å². The Morgan fingerprint density at radius 1 is 1.29 bits per heavy atom. The van der Waals surface area contributed by atoms with Crippen LogP contribution in [0.1, 0.15) is 19.0 Å². The van der Waals surface area contributed by atoms with E-state index in [-0.39, 0.29) is 4.90 Å². The summed E-state index contributed by atoms with van der Waals surface area (Å²) in [6, 6.07) is 6.21. The van der Waals surface area contributed by atoms with Gasteiger partial charge in [0.05, 0.1) is 10.6 Å². The van der Waals surface area contributed by atoms with Crippen LogP contribution in [0.15, 0.2) is 29.2 Å². The maximum absolute atomic E-state index is 11.4. The second kappa shape index (κ2) is 5.77. The van der Waals surface area contributed by atoms with Gasteiger partial charge in [0.2, 0.25) is 5.88 Å². The number of benzene rings is 1. The zero-order chi connectivity index (χ0) is 15.6. The highest BCUT2D eigenvalue weighted by molar-refractivity contribution is 7.90. The van der Waals surface area contributed by atoms with Crippen molar-refractivity contribution in [3.05, 3.63) is 30.0 Å². The first-order valence-electron chi connectivity index (χ1n) is 6.62. The van der Waals surface area contributed by atoms with Gasteiger partial charge in [0, 0.05) is 13.3 Å². The molecule has 0 fully saturated rings. The summed E-state index contributed by atoms with van der Waals surface area (Å²) >= 11 is 0. The van der Waals surface area contributed by atoms with E-state index in [1.807, 2.05) is 0 Å². The molecule has 2 rings (SSSR count). The Morgan fingerprint density at radius 2 is 1.90 bits per heavy atom. The third kappa shape index (κ3) is 3.36. The monoisotopic (exact) mass is 309 g/mol. The van der Waals surface area contributed by atoms with E-state index in [0.717, 1.165) is 18.5 Å². The third-order valence-corrected chi connectivity index (χ3v) is 4.19. The van der Waals surface area contributed by atoms with E-state index in [0.29, 0.717) is 17.3 Å². The molecule has 0 atom stereocenters. The molecule has 2 aromatic rings. The summed E-state index contributed by atoms with van der Waals surface area (Å²) in [5.41, 5.74) is 7.36. The highest BCUT2D eigenvalue weighted by Crippen LogP contribution is 2.30. The summed E-state index contributed by atoms with van der Waals surface area (Å²) in [5.74, 6) is 0.978. The average Bonchev–Trinajstić information content (AvgIpc) is 2.67. The van der Waals surface area contributed by atoms with Crippen molar-refractivity contribution in [1.82, 2.24) is 9.78 Å². The van der Waals surface area contributed by atoms with E-state index in [4.69, 9.17) is 10.5 Å². The van der Waals surface area contributed by atoms with E-state index in [1.165, 1.54) is 18.4 Å². The molecule has 0 aliphatic rings. The zero-order valence-corrected chi connectivity index (χ0v) is 13.1. The van der Waals surface area contributed by atoms with Crippen molar-refractivity contribution < 1.29 is 13.2 Å². The molecule has 7 heteroatoms. The molecule has 0 aliphatic heterocycles. The van der Waals surface area contributed by atoms with E-state index in [9.17, 15) is 8.42 Å². The minimum Gasteiger partial charge on any atom is -0.437 e. The first kappa shape index (κ1) is 15.4. The van der Waals surface area contributed by atoms with Crippen LogP contribution in [-0.4, -0.2) is 24.5 Å². The minimum atomic E-state index is -3.21. The number of sulfone groups is 1. The van der Waals surface area contributed by atoms with Gasteiger partial charge in [0.1, 0.15) is 11.4 Å². The maximum Gasteiger partial charge on any atom is 0.241 e. The molecular formula is C14H19N3O3S.